The second-order valence-electron chi connectivity index (χ2n) is 9.13. The van der Waals surface area contributed by atoms with E-state index in [0.29, 0.717) is 48.0 Å². The standard InChI is InChI=1S/C26H29F2N3O4/c1-15-14-31(6-7-34-15)24-13-23(32)22-9-17(26(33)29(3)4)8-21(25(22)35-24)16(2)30(5)20-11-18(27)10-19(28)12-20/h8-13,15-16H,6-7,14H2,1-5H3/t15-,16-/m1/s1. The number of carbonyl (C=O) groups is 1. The predicted octanol–water partition coefficient (Wildman–Crippen LogP) is 4.20. The van der Waals surface area contributed by atoms with Gasteiger partial charge >= 0.3 is 0 Å². The van der Waals surface area contributed by atoms with Crippen LogP contribution in [0.25, 0.3) is 11.0 Å². The van der Waals surface area contributed by atoms with E-state index in [9.17, 15) is 18.4 Å². The molecule has 2 heterocycles. The minimum Gasteiger partial charge on any atom is -0.440 e. The highest BCUT2D eigenvalue weighted by Gasteiger charge is 2.25. The maximum atomic E-state index is 13.9. The Balaban J connectivity index is 1.89. The summed E-state index contributed by atoms with van der Waals surface area (Å²) in [6.07, 6.45) is -0.0164. The van der Waals surface area contributed by atoms with E-state index < -0.39 is 17.7 Å². The number of benzene rings is 2. The largest absolute Gasteiger partial charge is 0.440 e. The second kappa shape index (κ2) is 9.65. The Kier molecular flexibility index (Phi) is 6.80. The van der Waals surface area contributed by atoms with E-state index >= 15 is 0 Å². The van der Waals surface area contributed by atoms with Crippen LogP contribution < -0.4 is 15.2 Å². The van der Waals surface area contributed by atoms with Crippen LogP contribution >= 0.6 is 0 Å². The minimum absolute atomic E-state index is 0.0164. The van der Waals surface area contributed by atoms with E-state index in [4.69, 9.17) is 9.15 Å². The van der Waals surface area contributed by atoms with Crippen LogP contribution in [0.2, 0.25) is 0 Å². The Labute approximate surface area is 202 Å². The number of carbonyl (C=O) groups excluding carboxylic acids is 1. The van der Waals surface area contributed by atoms with Gasteiger partial charge in [-0.05, 0) is 38.1 Å². The Morgan fingerprint density at radius 1 is 1.09 bits per heavy atom. The molecule has 1 aliphatic rings. The highest BCUT2D eigenvalue weighted by molar-refractivity contribution is 5.98. The first-order valence-electron chi connectivity index (χ1n) is 11.4. The number of rotatable bonds is 5. The maximum Gasteiger partial charge on any atom is 0.253 e. The van der Waals surface area contributed by atoms with Crippen LogP contribution in [0.3, 0.4) is 0 Å². The highest BCUT2D eigenvalue weighted by atomic mass is 19.1. The highest BCUT2D eigenvalue weighted by Crippen LogP contribution is 2.33. The first kappa shape index (κ1) is 24.7. The van der Waals surface area contributed by atoms with Gasteiger partial charge in [0.25, 0.3) is 5.91 Å². The van der Waals surface area contributed by atoms with Gasteiger partial charge in [0.1, 0.15) is 17.2 Å². The van der Waals surface area contributed by atoms with Gasteiger partial charge in [-0.3, -0.25) is 9.59 Å². The van der Waals surface area contributed by atoms with Gasteiger partial charge in [-0.1, -0.05) is 0 Å². The fourth-order valence-corrected chi connectivity index (χ4v) is 4.31. The van der Waals surface area contributed by atoms with Gasteiger partial charge < -0.3 is 23.9 Å². The summed E-state index contributed by atoms with van der Waals surface area (Å²) < 4.78 is 39.7. The van der Waals surface area contributed by atoms with E-state index in [0.717, 1.165) is 6.07 Å². The molecule has 3 aromatic rings. The Hall–Kier alpha value is -3.46. The smallest absolute Gasteiger partial charge is 0.253 e. The first-order chi connectivity index (χ1) is 16.5. The maximum absolute atomic E-state index is 13.9. The Morgan fingerprint density at radius 2 is 1.77 bits per heavy atom. The lowest BCUT2D eigenvalue weighted by Gasteiger charge is -2.32. The zero-order chi connectivity index (χ0) is 25.4. The van der Waals surface area contributed by atoms with Crippen LogP contribution in [0.1, 0.15) is 35.8 Å². The lowest BCUT2D eigenvalue weighted by molar-refractivity contribution is 0.0517. The molecule has 1 saturated heterocycles. The number of hydrogen-bond donors (Lipinski definition) is 0. The molecule has 4 rings (SSSR count). The molecule has 2 atom stereocenters. The van der Waals surface area contributed by atoms with Crippen LogP contribution in [0, 0.1) is 11.6 Å². The summed E-state index contributed by atoms with van der Waals surface area (Å²) in [5.74, 6) is -1.26. The molecule has 7 nitrogen and oxygen atoms in total. The number of anilines is 2. The molecular formula is C26H29F2N3O4. The number of amides is 1. The third kappa shape index (κ3) is 5.00. The van der Waals surface area contributed by atoms with E-state index in [2.05, 4.69) is 0 Å². The van der Waals surface area contributed by atoms with Gasteiger partial charge in [0, 0.05) is 63.2 Å². The molecule has 1 amide bonds. The monoisotopic (exact) mass is 485 g/mol. The van der Waals surface area contributed by atoms with Gasteiger partial charge in [-0.2, -0.15) is 0 Å². The number of ether oxygens (including phenoxy) is 1. The molecule has 9 heteroatoms. The molecule has 2 aromatic carbocycles. The number of hydrogen-bond acceptors (Lipinski definition) is 6. The minimum atomic E-state index is -0.698. The van der Waals surface area contributed by atoms with Crippen molar-refractivity contribution in [3.8, 4) is 0 Å². The fraction of sp³-hybridized carbons (Fsp3) is 0.385. The molecule has 0 aliphatic carbocycles. The summed E-state index contributed by atoms with van der Waals surface area (Å²) >= 11 is 0. The molecule has 1 fully saturated rings. The van der Waals surface area contributed by atoms with Gasteiger partial charge in [0.05, 0.1) is 24.1 Å². The van der Waals surface area contributed by atoms with E-state index in [1.165, 1.54) is 29.2 Å². The zero-order valence-corrected chi connectivity index (χ0v) is 20.5. The van der Waals surface area contributed by atoms with Crippen molar-refractivity contribution < 1.29 is 22.7 Å². The van der Waals surface area contributed by atoms with E-state index in [1.807, 2.05) is 18.7 Å². The fourth-order valence-electron chi connectivity index (χ4n) is 4.31. The van der Waals surface area contributed by atoms with Gasteiger partial charge in [0.15, 0.2) is 11.3 Å². The molecule has 35 heavy (non-hydrogen) atoms. The molecule has 0 bridgehead atoms. The van der Waals surface area contributed by atoms with E-state index in [1.54, 1.807) is 32.1 Å². The van der Waals surface area contributed by atoms with Crippen LogP contribution in [0.4, 0.5) is 20.4 Å². The van der Waals surface area contributed by atoms with Crippen molar-refractivity contribution in [2.75, 3.05) is 50.6 Å². The van der Waals surface area contributed by atoms with E-state index in [-0.39, 0.29) is 22.8 Å². The Bertz CT molecular complexity index is 1300. The van der Waals surface area contributed by atoms with Gasteiger partial charge in [0.2, 0.25) is 0 Å². The van der Waals surface area contributed by atoms with Crippen molar-refractivity contribution in [2.45, 2.75) is 26.0 Å². The molecule has 0 N–H and O–H groups in total. The number of fused-ring (bicyclic) bond motifs is 1. The quantitative estimate of drug-likeness (QED) is 0.540. The third-order valence-corrected chi connectivity index (χ3v) is 6.34. The van der Waals surface area contributed by atoms with Crippen LogP contribution in [0.15, 0.2) is 45.6 Å². The van der Waals surface area contributed by atoms with Crippen molar-refractivity contribution >= 4 is 28.4 Å². The summed E-state index contributed by atoms with van der Waals surface area (Å²) in [6.45, 7) is 5.43. The van der Waals surface area contributed by atoms with Crippen LogP contribution in [-0.4, -0.2) is 57.8 Å². The van der Waals surface area contributed by atoms with Gasteiger partial charge in [-0.25, -0.2) is 8.78 Å². The zero-order valence-electron chi connectivity index (χ0n) is 20.5. The topological polar surface area (TPSA) is 66.2 Å². The summed E-state index contributed by atoms with van der Waals surface area (Å²) in [5, 5.41) is 0.267. The van der Waals surface area contributed by atoms with Gasteiger partial charge in [-0.15, -0.1) is 0 Å². The molecule has 186 valence electrons. The molecular weight excluding hydrogens is 456 g/mol. The number of morpholine rings is 1. The molecule has 0 unspecified atom stereocenters. The molecule has 0 spiro atoms. The summed E-state index contributed by atoms with van der Waals surface area (Å²) in [5.41, 5.74) is 1.25. The lowest BCUT2D eigenvalue weighted by Crippen LogP contribution is -2.41. The molecule has 1 aliphatic heterocycles. The van der Waals surface area contributed by atoms with Crippen molar-refractivity contribution in [2.24, 2.45) is 0 Å². The van der Waals surface area contributed by atoms with Crippen molar-refractivity contribution in [1.82, 2.24) is 4.90 Å². The summed E-state index contributed by atoms with van der Waals surface area (Å²) in [4.78, 5) is 31.1. The van der Waals surface area contributed by atoms with Crippen molar-refractivity contribution in [3.63, 3.8) is 0 Å². The molecule has 0 saturated carbocycles. The predicted molar refractivity (Wildman–Crippen MR) is 131 cm³/mol. The SMILES string of the molecule is C[C@@H]1CN(c2cc(=O)c3cc(C(=O)N(C)C)cc([C@@H](C)N(C)c4cc(F)cc(F)c4)c3o2)CCO1. The average molecular weight is 486 g/mol. The number of nitrogens with zero attached hydrogens (tertiary/aromatic N) is 3. The summed E-state index contributed by atoms with van der Waals surface area (Å²) in [6, 6.07) is 7.42. The average Bonchev–Trinajstić information content (AvgIpc) is 2.81. The third-order valence-electron chi connectivity index (χ3n) is 6.34. The van der Waals surface area contributed by atoms with Crippen LogP contribution in [-0.2, 0) is 4.74 Å². The molecule has 1 aromatic heterocycles. The Morgan fingerprint density at radius 3 is 2.40 bits per heavy atom. The van der Waals surface area contributed by atoms with Crippen LogP contribution in [0.5, 0.6) is 0 Å². The summed E-state index contributed by atoms with van der Waals surface area (Å²) in [7, 11) is 4.95. The first-order valence-corrected chi connectivity index (χ1v) is 11.4. The lowest BCUT2D eigenvalue weighted by atomic mass is 9.99. The normalized spacial score (nSPS) is 16.9. The van der Waals surface area contributed by atoms with Crippen molar-refractivity contribution in [3.05, 3.63) is 69.4 Å². The number of halogens is 2. The van der Waals surface area contributed by atoms with Crippen molar-refractivity contribution in [1.29, 1.82) is 0 Å². The molecule has 0 radical (unpaired) electrons. The second-order valence-corrected chi connectivity index (χ2v) is 9.13.